The Morgan fingerprint density at radius 3 is 1.00 bits per heavy atom. The number of imide groups is 2. The average Bonchev–Trinajstić information content (AvgIpc) is 3.62. The number of aliphatic hydroxyl groups is 4. The molecule has 17 heteroatoms. The first-order valence-electron chi connectivity index (χ1n) is 17.4. The highest BCUT2D eigenvalue weighted by molar-refractivity contribution is 8.08. The van der Waals surface area contributed by atoms with Crippen molar-refractivity contribution in [3.8, 4) is 22.3 Å². The van der Waals surface area contributed by atoms with Gasteiger partial charge in [0.1, 0.15) is 0 Å². The molecule has 4 amide bonds. The van der Waals surface area contributed by atoms with Crippen molar-refractivity contribution in [2.45, 2.75) is 0 Å². The van der Waals surface area contributed by atoms with Crippen molar-refractivity contribution in [2.75, 3.05) is 59.2 Å². The highest BCUT2D eigenvalue weighted by Crippen LogP contribution is 2.40. The fourth-order valence-corrected chi connectivity index (χ4v) is 9.18. The number of hydrogen-bond acceptors (Lipinski definition) is 14. The highest BCUT2D eigenvalue weighted by Gasteiger charge is 2.41. The third kappa shape index (κ3) is 10.4. The van der Waals surface area contributed by atoms with Crippen molar-refractivity contribution in [1.82, 2.24) is 0 Å². The fourth-order valence-electron chi connectivity index (χ4n) is 5.56. The smallest absolute Gasteiger partial charge is 0.273 e. The van der Waals surface area contributed by atoms with E-state index in [-0.39, 0.29) is 65.2 Å². The molecule has 0 unspecified atom stereocenters. The van der Waals surface area contributed by atoms with Gasteiger partial charge in [0.05, 0.1) is 62.3 Å². The van der Waals surface area contributed by atoms with Gasteiger partial charge in [-0.05, 0) is 58.7 Å². The number of aliphatic hydroxyl groups excluding tert-OH is 4. The molecule has 296 valence electrons. The number of carbonyl (C=O) groups excluding carboxylic acids is 4. The van der Waals surface area contributed by atoms with Crippen LogP contribution in [0.5, 0.6) is 0 Å². The second-order valence-electron chi connectivity index (χ2n) is 11.8. The van der Waals surface area contributed by atoms with Crippen LogP contribution >= 0.6 is 47.0 Å². The van der Waals surface area contributed by atoms with Gasteiger partial charge in [-0.15, -0.1) is 47.0 Å². The Kier molecular flexibility index (Phi) is 16.1. The minimum absolute atomic E-state index is 0.00415. The topological polar surface area (TPSA) is 199 Å². The minimum Gasteiger partial charge on any atom is -0.396 e. The summed E-state index contributed by atoms with van der Waals surface area (Å²) in [6, 6.07) is 30.0. The second kappa shape index (κ2) is 21.2. The van der Waals surface area contributed by atoms with Crippen LogP contribution in [0.4, 0.5) is 17.1 Å². The molecule has 57 heavy (non-hydrogen) atoms. The van der Waals surface area contributed by atoms with Crippen molar-refractivity contribution >= 4 is 87.7 Å². The van der Waals surface area contributed by atoms with Crippen molar-refractivity contribution in [1.29, 1.82) is 0 Å². The summed E-state index contributed by atoms with van der Waals surface area (Å²) < 4.78 is 0. The quantitative estimate of drug-likeness (QED) is 0.0575. The first kappa shape index (κ1) is 43.4. The lowest BCUT2D eigenvalue weighted by atomic mass is 10.0. The summed E-state index contributed by atoms with van der Waals surface area (Å²) in [7, 11) is 0. The molecule has 0 aromatic heterocycles. The number of nitro benzene ring substituents is 1. The molecule has 2 heterocycles. The summed E-state index contributed by atoms with van der Waals surface area (Å²) in [6.07, 6.45) is 0. The van der Waals surface area contributed by atoms with Crippen LogP contribution in [-0.2, 0) is 19.2 Å². The SMILES string of the molecule is O=C1C(SCCO)=C(SCCO)C(=O)N1c1ccc(-c2ccc([N+](=O)[O-])cc2)cc1.O=C1C(SCCO)=C(SCCO)C(=O)N1c1ccc(-c2ccccc2)cc1. The summed E-state index contributed by atoms with van der Waals surface area (Å²) >= 11 is 4.57. The van der Waals surface area contributed by atoms with E-state index in [1.807, 2.05) is 42.5 Å². The van der Waals surface area contributed by atoms with E-state index in [2.05, 4.69) is 0 Å². The maximum absolute atomic E-state index is 12.9. The van der Waals surface area contributed by atoms with Crippen LogP contribution < -0.4 is 9.80 Å². The largest absolute Gasteiger partial charge is 0.396 e. The zero-order valence-corrected chi connectivity index (χ0v) is 33.5. The Hall–Kier alpha value is -4.72. The van der Waals surface area contributed by atoms with Gasteiger partial charge in [-0.2, -0.15) is 0 Å². The third-order valence-electron chi connectivity index (χ3n) is 8.12. The number of anilines is 2. The molecule has 2 aliphatic rings. The molecule has 0 saturated carbocycles. The lowest BCUT2D eigenvalue weighted by Gasteiger charge is -2.15. The van der Waals surface area contributed by atoms with Crippen LogP contribution in [0.15, 0.2) is 123 Å². The zero-order chi connectivity index (χ0) is 40.9. The first-order chi connectivity index (χ1) is 27.6. The third-order valence-corrected chi connectivity index (χ3v) is 12.6. The van der Waals surface area contributed by atoms with Crippen LogP contribution in [0.1, 0.15) is 0 Å². The summed E-state index contributed by atoms with van der Waals surface area (Å²) in [5.41, 5.74) is 4.50. The molecule has 6 rings (SSSR count). The van der Waals surface area contributed by atoms with E-state index in [4.69, 9.17) is 20.4 Å². The number of non-ortho nitro benzene ring substituents is 1. The number of nitrogens with zero attached hydrogens (tertiary/aromatic N) is 3. The molecule has 0 fully saturated rings. The standard InChI is InChI=1S/C20H18N2O6S2.C20H19NO4S2/c23-9-11-29-17-18(30-12-10-24)20(26)21(19(17)25)15-5-1-13(2-6-15)14-3-7-16(8-4-14)22(27)28;22-10-12-26-17-18(27-13-11-23)20(25)21(19(17)24)16-8-6-15(7-9-16)14-4-2-1-3-5-14/h1-8,23-24H,9-12H2;1-9,22-23H,10-13H2. The molecule has 0 radical (unpaired) electrons. The molecular formula is C40H37N3O10S4. The van der Waals surface area contributed by atoms with Gasteiger partial charge < -0.3 is 20.4 Å². The Bertz CT molecular complexity index is 2090. The van der Waals surface area contributed by atoms with E-state index in [0.717, 1.165) is 55.6 Å². The predicted molar refractivity (Wildman–Crippen MR) is 228 cm³/mol. The number of rotatable bonds is 17. The Morgan fingerprint density at radius 2 is 0.719 bits per heavy atom. The number of thioether (sulfide) groups is 4. The maximum atomic E-state index is 12.9. The molecule has 13 nitrogen and oxygen atoms in total. The molecule has 2 aliphatic heterocycles. The van der Waals surface area contributed by atoms with Gasteiger partial charge >= 0.3 is 0 Å². The van der Waals surface area contributed by atoms with Gasteiger partial charge in [-0.3, -0.25) is 29.3 Å². The number of benzene rings is 4. The van der Waals surface area contributed by atoms with Crippen LogP contribution in [-0.4, -0.2) is 98.4 Å². The molecule has 4 aromatic rings. The Balaban J connectivity index is 0.000000219. The molecule has 0 saturated heterocycles. The van der Waals surface area contributed by atoms with Gasteiger partial charge in [0.25, 0.3) is 29.3 Å². The predicted octanol–water partition coefficient (Wildman–Crippen LogP) is 5.69. The average molecular weight is 848 g/mol. The van der Waals surface area contributed by atoms with Crippen molar-refractivity contribution in [2.24, 2.45) is 0 Å². The highest BCUT2D eigenvalue weighted by atomic mass is 32.2. The molecule has 0 aliphatic carbocycles. The van der Waals surface area contributed by atoms with Crippen molar-refractivity contribution in [3.05, 3.63) is 133 Å². The maximum Gasteiger partial charge on any atom is 0.273 e. The number of nitro groups is 1. The van der Waals surface area contributed by atoms with E-state index < -0.39 is 16.7 Å². The van der Waals surface area contributed by atoms with Crippen LogP contribution in [0.25, 0.3) is 22.3 Å². The van der Waals surface area contributed by atoms with E-state index in [9.17, 15) is 29.3 Å². The number of hydrogen-bond donors (Lipinski definition) is 4. The summed E-state index contributed by atoms with van der Waals surface area (Å²) in [6.45, 7) is -0.423. The molecule has 4 aromatic carbocycles. The van der Waals surface area contributed by atoms with Gasteiger partial charge in [0.2, 0.25) is 0 Å². The molecule has 0 spiro atoms. The summed E-state index contributed by atoms with van der Waals surface area (Å²) in [5.74, 6) is -0.451. The molecular weight excluding hydrogens is 811 g/mol. The fraction of sp³-hybridized carbons (Fsp3) is 0.200. The zero-order valence-electron chi connectivity index (χ0n) is 30.2. The summed E-state index contributed by atoms with van der Waals surface area (Å²) in [4.78, 5) is 65.1. The number of amides is 4. The van der Waals surface area contributed by atoms with Crippen LogP contribution in [0.3, 0.4) is 0 Å². The van der Waals surface area contributed by atoms with Gasteiger partial charge in [-0.25, -0.2) is 9.80 Å². The van der Waals surface area contributed by atoms with Crippen LogP contribution in [0.2, 0.25) is 0 Å². The van der Waals surface area contributed by atoms with Gasteiger partial charge in [0, 0.05) is 35.1 Å². The molecule has 0 bridgehead atoms. The van der Waals surface area contributed by atoms with Crippen LogP contribution in [0, 0.1) is 10.1 Å². The van der Waals surface area contributed by atoms with Crippen molar-refractivity contribution < 1.29 is 44.5 Å². The van der Waals surface area contributed by atoms with E-state index in [0.29, 0.717) is 32.7 Å². The molecule has 0 atom stereocenters. The summed E-state index contributed by atoms with van der Waals surface area (Å²) in [5, 5.41) is 47.1. The molecule has 4 N–H and O–H groups in total. The lowest BCUT2D eigenvalue weighted by Crippen LogP contribution is -2.31. The monoisotopic (exact) mass is 847 g/mol. The van der Waals surface area contributed by atoms with E-state index in [1.165, 1.54) is 35.7 Å². The van der Waals surface area contributed by atoms with E-state index >= 15 is 0 Å². The lowest BCUT2D eigenvalue weighted by molar-refractivity contribution is -0.384. The normalized spacial score (nSPS) is 14.2. The van der Waals surface area contributed by atoms with E-state index in [1.54, 1.807) is 48.5 Å². The first-order valence-corrected chi connectivity index (χ1v) is 21.3. The van der Waals surface area contributed by atoms with Crippen molar-refractivity contribution in [3.63, 3.8) is 0 Å². The number of carbonyl (C=O) groups is 4. The Morgan fingerprint density at radius 1 is 0.439 bits per heavy atom. The van der Waals surface area contributed by atoms with Gasteiger partial charge in [0.15, 0.2) is 0 Å². The minimum atomic E-state index is -0.469. The van der Waals surface area contributed by atoms with Gasteiger partial charge in [-0.1, -0.05) is 54.6 Å². The second-order valence-corrected chi connectivity index (χ2v) is 16.2. The Labute approximate surface area is 345 Å².